The number of hydrogen-bond acceptors (Lipinski definition) is 5. The molecule has 0 bridgehead atoms. The van der Waals surface area contributed by atoms with Gasteiger partial charge in [0.1, 0.15) is 5.75 Å². The molecule has 26 heavy (non-hydrogen) atoms. The van der Waals surface area contributed by atoms with Crippen molar-refractivity contribution in [2.24, 2.45) is 5.73 Å². The number of para-hydroxylation sites is 1. The van der Waals surface area contributed by atoms with Crippen LogP contribution in [0.4, 0.5) is 0 Å². The highest BCUT2D eigenvalue weighted by atomic mass is 32.2. The van der Waals surface area contributed by atoms with E-state index in [9.17, 15) is 9.59 Å². The SMILES string of the molecule is COc1ccc(C)cc1-n1c(S[C@@H](C)C(N)=O)nc2ccccc2c1=O. The fraction of sp³-hybridized carbons (Fsp3) is 0.211. The summed E-state index contributed by atoms with van der Waals surface area (Å²) in [7, 11) is 1.55. The van der Waals surface area contributed by atoms with E-state index in [0.717, 1.165) is 17.3 Å². The second-order valence-corrected chi connectivity index (χ2v) is 7.20. The third kappa shape index (κ3) is 3.30. The molecule has 1 atom stereocenters. The van der Waals surface area contributed by atoms with Crippen LogP contribution in [-0.2, 0) is 4.79 Å². The van der Waals surface area contributed by atoms with Gasteiger partial charge in [-0.2, -0.15) is 0 Å². The number of carbonyl (C=O) groups is 1. The highest BCUT2D eigenvalue weighted by Crippen LogP contribution is 2.29. The molecule has 3 aromatic rings. The molecule has 0 fully saturated rings. The van der Waals surface area contributed by atoms with Gasteiger partial charge in [-0.3, -0.25) is 14.2 Å². The Kier molecular flexibility index (Phi) is 4.99. The number of fused-ring (bicyclic) bond motifs is 1. The molecule has 0 spiro atoms. The van der Waals surface area contributed by atoms with Crippen molar-refractivity contribution in [2.75, 3.05) is 7.11 Å². The summed E-state index contributed by atoms with van der Waals surface area (Å²) in [6.45, 7) is 3.62. The second-order valence-electron chi connectivity index (χ2n) is 5.89. The molecule has 0 aliphatic carbocycles. The predicted octanol–water partition coefficient (Wildman–Crippen LogP) is 2.67. The molecule has 7 heteroatoms. The normalized spacial score (nSPS) is 12.1. The Labute approximate surface area is 155 Å². The zero-order valence-corrected chi connectivity index (χ0v) is 15.5. The number of thioether (sulfide) groups is 1. The number of aryl methyl sites for hydroxylation is 1. The lowest BCUT2D eigenvalue weighted by molar-refractivity contribution is -0.117. The molecule has 0 unspecified atom stereocenters. The lowest BCUT2D eigenvalue weighted by atomic mass is 10.2. The highest BCUT2D eigenvalue weighted by molar-refractivity contribution is 8.00. The number of nitrogens with two attached hydrogens (primary N) is 1. The van der Waals surface area contributed by atoms with Gasteiger partial charge in [0.2, 0.25) is 5.91 Å². The van der Waals surface area contributed by atoms with Crippen molar-refractivity contribution in [1.82, 2.24) is 9.55 Å². The van der Waals surface area contributed by atoms with Gasteiger partial charge in [-0.05, 0) is 43.7 Å². The predicted molar refractivity (Wildman–Crippen MR) is 103 cm³/mol. The van der Waals surface area contributed by atoms with Crippen LogP contribution in [-0.4, -0.2) is 27.8 Å². The minimum Gasteiger partial charge on any atom is -0.495 e. The number of amides is 1. The van der Waals surface area contributed by atoms with E-state index >= 15 is 0 Å². The molecule has 0 saturated carbocycles. The zero-order chi connectivity index (χ0) is 18.8. The van der Waals surface area contributed by atoms with Crippen molar-refractivity contribution in [3.8, 4) is 11.4 Å². The number of hydrogen-bond donors (Lipinski definition) is 1. The lowest BCUT2D eigenvalue weighted by Gasteiger charge is -2.17. The highest BCUT2D eigenvalue weighted by Gasteiger charge is 2.20. The largest absolute Gasteiger partial charge is 0.495 e. The van der Waals surface area contributed by atoms with E-state index in [4.69, 9.17) is 10.5 Å². The first-order chi connectivity index (χ1) is 12.4. The van der Waals surface area contributed by atoms with Crippen LogP contribution in [0.2, 0.25) is 0 Å². The summed E-state index contributed by atoms with van der Waals surface area (Å²) in [5.41, 5.74) is 7.30. The van der Waals surface area contributed by atoms with Crippen LogP contribution in [0.1, 0.15) is 12.5 Å². The molecule has 134 valence electrons. The summed E-state index contributed by atoms with van der Waals surface area (Å²) in [5, 5.41) is 0.348. The van der Waals surface area contributed by atoms with Crippen molar-refractivity contribution in [3.05, 3.63) is 58.4 Å². The van der Waals surface area contributed by atoms with E-state index in [1.807, 2.05) is 25.1 Å². The fourth-order valence-electron chi connectivity index (χ4n) is 2.59. The van der Waals surface area contributed by atoms with E-state index < -0.39 is 11.2 Å². The molecule has 0 aliphatic rings. The van der Waals surface area contributed by atoms with E-state index in [-0.39, 0.29) is 5.56 Å². The lowest BCUT2D eigenvalue weighted by Crippen LogP contribution is -2.26. The minimum atomic E-state index is -0.537. The summed E-state index contributed by atoms with van der Waals surface area (Å²) >= 11 is 1.15. The van der Waals surface area contributed by atoms with Crippen LogP contribution in [0.5, 0.6) is 5.75 Å². The molecule has 2 N–H and O–H groups in total. The molecule has 6 nitrogen and oxygen atoms in total. The van der Waals surface area contributed by atoms with Gasteiger partial charge in [-0.25, -0.2) is 4.98 Å². The number of ether oxygens (including phenoxy) is 1. The van der Waals surface area contributed by atoms with E-state index in [2.05, 4.69) is 4.98 Å². The van der Waals surface area contributed by atoms with Gasteiger partial charge in [-0.1, -0.05) is 30.0 Å². The molecule has 1 amide bonds. The van der Waals surface area contributed by atoms with Gasteiger partial charge in [0.25, 0.3) is 5.56 Å². The average Bonchev–Trinajstić information content (AvgIpc) is 2.62. The maximum absolute atomic E-state index is 13.2. The number of benzene rings is 2. The molecule has 0 aliphatic heterocycles. The minimum absolute atomic E-state index is 0.223. The molecule has 1 aromatic heterocycles. The van der Waals surface area contributed by atoms with E-state index in [1.54, 1.807) is 38.3 Å². The Morgan fingerprint density at radius 2 is 2.00 bits per heavy atom. The Morgan fingerprint density at radius 3 is 2.69 bits per heavy atom. The first kappa shape index (κ1) is 18.0. The van der Waals surface area contributed by atoms with Crippen molar-refractivity contribution >= 4 is 28.6 Å². The average molecular weight is 369 g/mol. The summed E-state index contributed by atoms with van der Waals surface area (Å²) in [6.07, 6.45) is 0. The Bertz CT molecular complexity index is 1050. The third-order valence-electron chi connectivity index (χ3n) is 4.00. The maximum Gasteiger partial charge on any atom is 0.266 e. The maximum atomic E-state index is 13.2. The third-order valence-corrected chi connectivity index (χ3v) is 5.07. The van der Waals surface area contributed by atoms with Crippen molar-refractivity contribution < 1.29 is 9.53 Å². The van der Waals surface area contributed by atoms with Gasteiger partial charge in [0.15, 0.2) is 5.16 Å². The van der Waals surface area contributed by atoms with Crippen LogP contribution in [0.3, 0.4) is 0 Å². The van der Waals surface area contributed by atoms with Gasteiger partial charge in [0.05, 0.1) is 29.0 Å². The van der Waals surface area contributed by atoms with Gasteiger partial charge >= 0.3 is 0 Å². The summed E-state index contributed by atoms with van der Waals surface area (Å²) in [6, 6.07) is 12.7. The van der Waals surface area contributed by atoms with Crippen LogP contribution in [0.25, 0.3) is 16.6 Å². The van der Waals surface area contributed by atoms with Gasteiger partial charge in [-0.15, -0.1) is 0 Å². The van der Waals surface area contributed by atoms with Crippen LogP contribution in [0.15, 0.2) is 52.4 Å². The standard InChI is InChI=1S/C19H19N3O3S/c1-11-8-9-16(25-3)15(10-11)22-18(24)13-6-4-5-7-14(13)21-19(22)26-12(2)17(20)23/h4-10,12H,1-3H3,(H2,20,23)/t12-/m0/s1. The molecular weight excluding hydrogens is 350 g/mol. The molecule has 3 rings (SSSR count). The molecule has 1 heterocycles. The fourth-order valence-corrected chi connectivity index (χ4v) is 3.46. The van der Waals surface area contributed by atoms with Crippen molar-refractivity contribution in [3.63, 3.8) is 0 Å². The number of primary amides is 1. The monoisotopic (exact) mass is 369 g/mol. The number of nitrogens with zero attached hydrogens (tertiary/aromatic N) is 2. The summed E-state index contributed by atoms with van der Waals surface area (Å²) in [5.74, 6) is 0.0727. The quantitative estimate of drug-likeness (QED) is 0.552. The first-order valence-electron chi connectivity index (χ1n) is 8.05. The number of carbonyl (C=O) groups excluding carboxylic acids is 1. The summed E-state index contributed by atoms with van der Waals surface area (Å²) in [4.78, 5) is 29.4. The van der Waals surface area contributed by atoms with Gasteiger partial charge in [0, 0.05) is 0 Å². The van der Waals surface area contributed by atoms with Crippen molar-refractivity contribution in [2.45, 2.75) is 24.3 Å². The first-order valence-corrected chi connectivity index (χ1v) is 8.93. The second kappa shape index (κ2) is 7.21. The van der Waals surface area contributed by atoms with Crippen LogP contribution >= 0.6 is 11.8 Å². The van der Waals surface area contributed by atoms with Crippen LogP contribution in [0, 0.1) is 6.92 Å². The molecule has 2 aromatic carbocycles. The summed E-state index contributed by atoms with van der Waals surface area (Å²) < 4.78 is 6.93. The topological polar surface area (TPSA) is 87.2 Å². The van der Waals surface area contributed by atoms with Gasteiger partial charge < -0.3 is 10.5 Å². The number of methoxy groups -OCH3 is 1. The zero-order valence-electron chi connectivity index (χ0n) is 14.7. The molecule has 0 radical (unpaired) electrons. The smallest absolute Gasteiger partial charge is 0.266 e. The van der Waals surface area contributed by atoms with Crippen molar-refractivity contribution in [1.29, 1.82) is 0 Å². The Hall–Kier alpha value is -2.80. The molecule has 0 saturated heterocycles. The van der Waals surface area contributed by atoms with E-state index in [1.165, 1.54) is 4.57 Å². The van der Waals surface area contributed by atoms with Crippen LogP contribution < -0.4 is 16.0 Å². The van der Waals surface area contributed by atoms with E-state index in [0.29, 0.717) is 27.5 Å². The molecular formula is C19H19N3O3S. The number of aromatic nitrogens is 2. The Balaban J connectivity index is 2.35. The number of rotatable bonds is 5. The Morgan fingerprint density at radius 1 is 1.27 bits per heavy atom.